The molecule has 1 saturated carbocycles. The number of benzene rings is 1. The second-order valence-electron chi connectivity index (χ2n) is 5.86. The van der Waals surface area contributed by atoms with Gasteiger partial charge >= 0.3 is 0 Å². The highest BCUT2D eigenvalue weighted by Crippen LogP contribution is 2.35. The van der Waals surface area contributed by atoms with Crippen molar-refractivity contribution in [3.8, 4) is 0 Å². The second-order valence-corrected chi connectivity index (χ2v) is 5.86. The first-order chi connectivity index (χ1) is 10.1. The van der Waals surface area contributed by atoms with Crippen LogP contribution in [0.3, 0.4) is 0 Å². The van der Waals surface area contributed by atoms with Crippen molar-refractivity contribution in [2.24, 2.45) is 0 Å². The largest absolute Gasteiger partial charge is 0.379 e. The Morgan fingerprint density at radius 3 is 2.67 bits per heavy atom. The van der Waals surface area contributed by atoms with E-state index in [4.69, 9.17) is 4.74 Å². The Morgan fingerprint density at radius 1 is 1.29 bits per heavy atom. The summed E-state index contributed by atoms with van der Waals surface area (Å²) < 4.78 is 18.7. The van der Waals surface area contributed by atoms with Crippen molar-refractivity contribution in [1.82, 2.24) is 10.2 Å². The standard InChI is InChI=1S/C16H21FN2O2/c1-10-16(20)19(13-4-3-5-14(13)21-2)15(18-10)11-6-8-12(17)9-7-11/h6-10,13-15,18H,3-5H2,1-2H3. The summed E-state index contributed by atoms with van der Waals surface area (Å²) in [7, 11) is 1.70. The van der Waals surface area contributed by atoms with Gasteiger partial charge in [-0.05, 0) is 43.9 Å². The maximum Gasteiger partial charge on any atom is 0.241 e. The summed E-state index contributed by atoms with van der Waals surface area (Å²) in [5.74, 6) is -0.170. The smallest absolute Gasteiger partial charge is 0.241 e. The van der Waals surface area contributed by atoms with Gasteiger partial charge in [-0.15, -0.1) is 0 Å². The number of methoxy groups -OCH3 is 1. The number of nitrogens with zero attached hydrogens (tertiary/aromatic N) is 1. The summed E-state index contributed by atoms with van der Waals surface area (Å²) in [5, 5.41) is 3.31. The van der Waals surface area contributed by atoms with Crippen LogP contribution in [0.2, 0.25) is 0 Å². The molecule has 0 aromatic heterocycles. The van der Waals surface area contributed by atoms with Crippen molar-refractivity contribution in [1.29, 1.82) is 0 Å². The predicted molar refractivity (Wildman–Crippen MR) is 77.0 cm³/mol. The molecule has 2 aliphatic rings. The van der Waals surface area contributed by atoms with E-state index in [0.29, 0.717) is 0 Å². The third kappa shape index (κ3) is 2.56. The van der Waals surface area contributed by atoms with E-state index in [-0.39, 0.29) is 36.1 Å². The van der Waals surface area contributed by atoms with Gasteiger partial charge in [-0.2, -0.15) is 0 Å². The zero-order valence-electron chi connectivity index (χ0n) is 12.4. The van der Waals surface area contributed by atoms with Gasteiger partial charge in [-0.3, -0.25) is 10.1 Å². The summed E-state index contributed by atoms with van der Waals surface area (Å²) >= 11 is 0. The van der Waals surface area contributed by atoms with Crippen molar-refractivity contribution in [3.05, 3.63) is 35.6 Å². The first kappa shape index (κ1) is 14.5. The summed E-state index contributed by atoms with van der Waals surface area (Å²) in [5.41, 5.74) is 0.913. The predicted octanol–water partition coefficient (Wildman–Crippen LogP) is 2.21. The monoisotopic (exact) mass is 292 g/mol. The average Bonchev–Trinajstić information content (AvgIpc) is 3.05. The summed E-state index contributed by atoms with van der Waals surface area (Å²) in [6.45, 7) is 1.87. The molecule has 0 bridgehead atoms. The number of carbonyl (C=O) groups is 1. The molecule has 4 nitrogen and oxygen atoms in total. The maximum atomic E-state index is 13.1. The molecule has 1 heterocycles. The van der Waals surface area contributed by atoms with Crippen LogP contribution in [0, 0.1) is 5.82 Å². The Kier molecular flexibility index (Phi) is 3.95. The molecule has 0 radical (unpaired) electrons. The number of rotatable bonds is 3. The van der Waals surface area contributed by atoms with Crippen LogP contribution in [0.4, 0.5) is 4.39 Å². The van der Waals surface area contributed by atoms with E-state index < -0.39 is 0 Å². The number of nitrogens with one attached hydrogen (secondary N) is 1. The highest BCUT2D eigenvalue weighted by Gasteiger charge is 2.45. The van der Waals surface area contributed by atoms with E-state index in [1.165, 1.54) is 12.1 Å². The van der Waals surface area contributed by atoms with Crippen molar-refractivity contribution < 1.29 is 13.9 Å². The Hall–Kier alpha value is -1.46. The van der Waals surface area contributed by atoms with E-state index in [1.54, 1.807) is 19.2 Å². The molecule has 114 valence electrons. The molecule has 4 atom stereocenters. The van der Waals surface area contributed by atoms with Crippen LogP contribution in [0.5, 0.6) is 0 Å². The van der Waals surface area contributed by atoms with Crippen molar-refractivity contribution in [2.45, 2.75) is 50.5 Å². The van der Waals surface area contributed by atoms with Gasteiger partial charge < -0.3 is 9.64 Å². The molecule has 1 aromatic rings. The number of halogens is 1. The fourth-order valence-electron chi connectivity index (χ4n) is 3.50. The zero-order chi connectivity index (χ0) is 15.0. The van der Waals surface area contributed by atoms with E-state index in [9.17, 15) is 9.18 Å². The normalized spacial score (nSPS) is 32.9. The number of amides is 1. The summed E-state index contributed by atoms with van der Waals surface area (Å²) in [4.78, 5) is 14.4. The lowest BCUT2D eigenvalue weighted by atomic mass is 10.1. The van der Waals surface area contributed by atoms with Gasteiger partial charge in [0.15, 0.2) is 0 Å². The fraction of sp³-hybridized carbons (Fsp3) is 0.562. The highest BCUT2D eigenvalue weighted by molar-refractivity contribution is 5.84. The third-order valence-electron chi connectivity index (χ3n) is 4.57. The van der Waals surface area contributed by atoms with Crippen LogP contribution in [0.25, 0.3) is 0 Å². The molecule has 1 N–H and O–H groups in total. The minimum absolute atomic E-state index is 0.0870. The number of hydrogen-bond acceptors (Lipinski definition) is 3. The number of hydrogen-bond donors (Lipinski definition) is 1. The van der Waals surface area contributed by atoms with Crippen molar-refractivity contribution in [3.63, 3.8) is 0 Å². The van der Waals surface area contributed by atoms with Crippen LogP contribution in [0.15, 0.2) is 24.3 Å². The Bertz CT molecular complexity index is 520. The molecule has 0 spiro atoms. The topological polar surface area (TPSA) is 41.6 Å². The van der Waals surface area contributed by atoms with Gasteiger partial charge in [0, 0.05) is 7.11 Å². The van der Waals surface area contributed by atoms with Gasteiger partial charge in [0.1, 0.15) is 12.0 Å². The lowest BCUT2D eigenvalue weighted by Crippen LogP contribution is -2.44. The molecule has 1 amide bonds. The Labute approximate surface area is 124 Å². The van der Waals surface area contributed by atoms with Gasteiger partial charge in [0.05, 0.1) is 18.2 Å². The number of carbonyl (C=O) groups excluding carboxylic acids is 1. The summed E-state index contributed by atoms with van der Waals surface area (Å²) in [6.07, 6.45) is 2.89. The maximum absolute atomic E-state index is 13.1. The van der Waals surface area contributed by atoms with Crippen molar-refractivity contribution in [2.75, 3.05) is 7.11 Å². The molecule has 5 heteroatoms. The van der Waals surface area contributed by atoms with Crippen LogP contribution in [0.1, 0.15) is 37.9 Å². The first-order valence-electron chi connectivity index (χ1n) is 7.48. The molecule has 1 aliphatic carbocycles. The highest BCUT2D eigenvalue weighted by atomic mass is 19.1. The van der Waals surface area contributed by atoms with Gasteiger partial charge in [0.25, 0.3) is 0 Å². The van der Waals surface area contributed by atoms with E-state index in [1.807, 2.05) is 11.8 Å². The van der Waals surface area contributed by atoms with E-state index >= 15 is 0 Å². The van der Waals surface area contributed by atoms with Crippen LogP contribution in [-0.4, -0.2) is 36.1 Å². The molecule has 4 unspecified atom stereocenters. The van der Waals surface area contributed by atoms with E-state index in [2.05, 4.69) is 5.32 Å². The molecule has 21 heavy (non-hydrogen) atoms. The molecule has 2 fully saturated rings. The number of ether oxygens (including phenoxy) is 1. The molecule has 1 aromatic carbocycles. The van der Waals surface area contributed by atoms with E-state index in [0.717, 1.165) is 24.8 Å². The average molecular weight is 292 g/mol. The van der Waals surface area contributed by atoms with Gasteiger partial charge in [-0.25, -0.2) is 4.39 Å². The van der Waals surface area contributed by atoms with Gasteiger partial charge in [-0.1, -0.05) is 12.1 Å². The molecule has 3 rings (SSSR count). The Morgan fingerprint density at radius 2 is 2.00 bits per heavy atom. The van der Waals surface area contributed by atoms with Crippen molar-refractivity contribution >= 4 is 5.91 Å². The van der Waals surface area contributed by atoms with Crippen LogP contribution in [-0.2, 0) is 9.53 Å². The zero-order valence-corrected chi connectivity index (χ0v) is 12.4. The minimum Gasteiger partial charge on any atom is -0.379 e. The lowest BCUT2D eigenvalue weighted by Gasteiger charge is -2.33. The first-order valence-corrected chi connectivity index (χ1v) is 7.48. The SMILES string of the molecule is COC1CCCC1N1C(=O)C(C)NC1c1ccc(F)cc1. The quantitative estimate of drug-likeness (QED) is 0.928. The van der Waals surface area contributed by atoms with Crippen LogP contribution >= 0.6 is 0 Å². The fourth-order valence-corrected chi connectivity index (χ4v) is 3.50. The minimum atomic E-state index is -0.265. The third-order valence-corrected chi connectivity index (χ3v) is 4.57. The molecule has 1 aliphatic heterocycles. The Balaban J connectivity index is 1.91. The van der Waals surface area contributed by atoms with Crippen LogP contribution < -0.4 is 5.32 Å². The summed E-state index contributed by atoms with van der Waals surface area (Å²) in [6, 6.07) is 6.22. The second kappa shape index (κ2) is 5.73. The molecule has 1 saturated heterocycles. The molecular weight excluding hydrogens is 271 g/mol. The molecular formula is C16H21FN2O2. The lowest BCUT2D eigenvalue weighted by molar-refractivity contribution is -0.134. The van der Waals surface area contributed by atoms with Gasteiger partial charge in [0.2, 0.25) is 5.91 Å².